The van der Waals surface area contributed by atoms with Crippen molar-refractivity contribution < 1.29 is 9.53 Å². The number of hydrogen-bond acceptors (Lipinski definition) is 6. The topological polar surface area (TPSA) is 104 Å². The maximum Gasteiger partial charge on any atom is 0.216 e. The number of piperidine rings is 1. The van der Waals surface area contributed by atoms with E-state index in [0.29, 0.717) is 18.9 Å². The molecule has 4 N–H and O–H groups in total. The highest BCUT2D eigenvalue weighted by molar-refractivity contribution is 5.89. The average molecular weight is 513 g/mol. The Morgan fingerprint density at radius 3 is 2.50 bits per heavy atom. The second kappa shape index (κ2) is 12.7. The molecule has 5 rings (SSSR count). The average Bonchev–Trinajstić information content (AvgIpc) is 3.39. The predicted molar refractivity (Wildman–Crippen MR) is 151 cm³/mol. The number of aromatic amines is 1. The van der Waals surface area contributed by atoms with Crippen LogP contribution in [0.4, 0.5) is 5.82 Å². The number of amides is 1. The summed E-state index contributed by atoms with van der Waals surface area (Å²) in [6.07, 6.45) is 3.95. The van der Waals surface area contributed by atoms with Crippen LogP contribution in [0.15, 0.2) is 66.7 Å². The zero-order chi connectivity index (χ0) is 26.2. The SMILES string of the molecule is CC(=O)NCCNc1nc(-c2ccccc2)nc2[nH]c(C(CCc3ccccc3)OC3CCNCC3)cc12. The number of H-pyrrole nitrogens is 1. The monoisotopic (exact) mass is 512 g/mol. The third kappa shape index (κ3) is 6.76. The van der Waals surface area contributed by atoms with Crippen LogP contribution in [-0.2, 0) is 16.0 Å². The number of aryl methyl sites for hydroxylation is 1. The molecule has 1 saturated heterocycles. The van der Waals surface area contributed by atoms with E-state index in [9.17, 15) is 4.79 Å². The molecule has 1 aliphatic heterocycles. The number of benzene rings is 2. The minimum absolute atomic E-state index is 0.0511. The van der Waals surface area contributed by atoms with Gasteiger partial charge in [-0.2, -0.15) is 0 Å². The van der Waals surface area contributed by atoms with Gasteiger partial charge in [-0.3, -0.25) is 4.79 Å². The van der Waals surface area contributed by atoms with Gasteiger partial charge in [0.15, 0.2) is 5.82 Å². The molecule has 8 heteroatoms. The maximum absolute atomic E-state index is 11.3. The molecule has 0 bridgehead atoms. The van der Waals surface area contributed by atoms with Gasteiger partial charge >= 0.3 is 0 Å². The summed E-state index contributed by atoms with van der Waals surface area (Å²) in [5, 5.41) is 10.6. The van der Waals surface area contributed by atoms with E-state index in [1.165, 1.54) is 12.5 Å². The minimum atomic E-state index is -0.0834. The van der Waals surface area contributed by atoms with E-state index in [1.807, 2.05) is 36.4 Å². The van der Waals surface area contributed by atoms with Crippen molar-refractivity contribution in [1.82, 2.24) is 25.6 Å². The Bertz CT molecular complexity index is 1320. The number of aromatic nitrogens is 3. The Kier molecular flexibility index (Phi) is 8.63. The predicted octanol–water partition coefficient (Wildman–Crippen LogP) is 4.62. The van der Waals surface area contributed by atoms with Crippen molar-refractivity contribution in [2.45, 2.75) is 44.8 Å². The standard InChI is InChI=1S/C30H36N6O2/c1-21(37)32-18-19-33-29-25-20-26(34-30(25)36-28(35-29)23-10-6-3-7-11-23)27(38-24-14-16-31-17-15-24)13-12-22-8-4-2-5-9-22/h2-11,20,24,27,31H,12-19H2,1H3,(H,32,37)(H2,33,34,35,36). The summed E-state index contributed by atoms with van der Waals surface area (Å²) in [7, 11) is 0. The van der Waals surface area contributed by atoms with Crippen LogP contribution in [0.5, 0.6) is 0 Å². The van der Waals surface area contributed by atoms with Crippen LogP contribution in [-0.4, -0.2) is 53.1 Å². The van der Waals surface area contributed by atoms with Gasteiger partial charge in [0.05, 0.1) is 17.6 Å². The Morgan fingerprint density at radius 1 is 1.03 bits per heavy atom. The van der Waals surface area contributed by atoms with E-state index >= 15 is 0 Å². The molecule has 198 valence electrons. The molecule has 1 atom stereocenters. The fourth-order valence-corrected chi connectivity index (χ4v) is 4.88. The molecular weight excluding hydrogens is 476 g/mol. The number of fused-ring (bicyclic) bond motifs is 1. The van der Waals surface area contributed by atoms with Gasteiger partial charge in [0.1, 0.15) is 11.5 Å². The van der Waals surface area contributed by atoms with E-state index in [1.54, 1.807) is 0 Å². The molecular formula is C30H36N6O2. The van der Waals surface area contributed by atoms with Gasteiger partial charge in [-0.1, -0.05) is 60.7 Å². The van der Waals surface area contributed by atoms with Crippen molar-refractivity contribution in [3.05, 3.63) is 78.0 Å². The zero-order valence-corrected chi connectivity index (χ0v) is 21.9. The summed E-state index contributed by atoms with van der Waals surface area (Å²) in [4.78, 5) is 24.7. The fourth-order valence-electron chi connectivity index (χ4n) is 4.88. The Morgan fingerprint density at radius 2 is 1.76 bits per heavy atom. The first-order valence-corrected chi connectivity index (χ1v) is 13.5. The van der Waals surface area contributed by atoms with Crippen molar-refractivity contribution in [1.29, 1.82) is 0 Å². The molecule has 8 nitrogen and oxygen atoms in total. The first-order valence-electron chi connectivity index (χ1n) is 13.5. The van der Waals surface area contributed by atoms with E-state index in [-0.39, 0.29) is 18.1 Å². The second-order valence-corrected chi connectivity index (χ2v) is 9.76. The number of rotatable bonds is 11. The number of carbonyl (C=O) groups excluding carboxylic acids is 1. The molecule has 1 unspecified atom stereocenters. The summed E-state index contributed by atoms with van der Waals surface area (Å²) in [6, 6.07) is 22.7. The van der Waals surface area contributed by atoms with Gasteiger partial charge in [-0.15, -0.1) is 0 Å². The molecule has 2 aromatic heterocycles. The molecule has 2 aromatic carbocycles. The quantitative estimate of drug-likeness (QED) is 0.219. The third-order valence-corrected chi connectivity index (χ3v) is 6.86. The number of nitrogens with one attached hydrogen (secondary N) is 4. The van der Waals surface area contributed by atoms with E-state index in [0.717, 1.165) is 66.9 Å². The molecule has 1 aliphatic rings. The van der Waals surface area contributed by atoms with Gasteiger partial charge in [0.25, 0.3) is 0 Å². The van der Waals surface area contributed by atoms with Crippen LogP contribution >= 0.6 is 0 Å². The van der Waals surface area contributed by atoms with Crippen molar-refractivity contribution in [3.63, 3.8) is 0 Å². The fraction of sp³-hybridized carbons (Fsp3) is 0.367. The van der Waals surface area contributed by atoms with Crippen molar-refractivity contribution in [2.24, 2.45) is 0 Å². The van der Waals surface area contributed by atoms with Gasteiger partial charge in [0.2, 0.25) is 5.91 Å². The third-order valence-electron chi connectivity index (χ3n) is 6.86. The molecule has 38 heavy (non-hydrogen) atoms. The number of nitrogens with zero attached hydrogens (tertiary/aromatic N) is 2. The Labute approximate surface area is 223 Å². The summed E-state index contributed by atoms with van der Waals surface area (Å²) >= 11 is 0. The highest BCUT2D eigenvalue weighted by Crippen LogP contribution is 2.32. The second-order valence-electron chi connectivity index (χ2n) is 9.76. The summed E-state index contributed by atoms with van der Waals surface area (Å²) in [6.45, 7) is 4.56. The number of anilines is 1. The molecule has 0 spiro atoms. The number of hydrogen-bond donors (Lipinski definition) is 4. The van der Waals surface area contributed by atoms with Crippen molar-refractivity contribution in [2.75, 3.05) is 31.5 Å². The van der Waals surface area contributed by atoms with Gasteiger partial charge < -0.3 is 25.7 Å². The molecule has 1 amide bonds. The summed E-state index contributed by atoms with van der Waals surface area (Å²) < 4.78 is 6.72. The van der Waals surface area contributed by atoms with Crippen molar-refractivity contribution in [3.8, 4) is 11.4 Å². The van der Waals surface area contributed by atoms with Crippen molar-refractivity contribution >= 4 is 22.8 Å². The van der Waals surface area contributed by atoms with E-state index in [2.05, 4.69) is 51.3 Å². The number of ether oxygens (including phenoxy) is 1. The lowest BCUT2D eigenvalue weighted by Crippen LogP contribution is -2.33. The summed E-state index contributed by atoms with van der Waals surface area (Å²) in [5.74, 6) is 1.34. The van der Waals surface area contributed by atoms with Crippen LogP contribution in [0.1, 0.15) is 43.5 Å². The highest BCUT2D eigenvalue weighted by Gasteiger charge is 2.23. The summed E-state index contributed by atoms with van der Waals surface area (Å²) in [5.41, 5.74) is 4.03. The lowest BCUT2D eigenvalue weighted by atomic mass is 10.0. The van der Waals surface area contributed by atoms with Crippen LogP contribution in [0, 0.1) is 0 Å². The van der Waals surface area contributed by atoms with E-state index < -0.39 is 0 Å². The first kappa shape index (κ1) is 25.9. The first-order chi connectivity index (χ1) is 18.7. The van der Waals surface area contributed by atoms with Crippen LogP contribution in [0.2, 0.25) is 0 Å². The molecule has 0 aliphatic carbocycles. The molecule has 0 saturated carbocycles. The molecule has 1 fully saturated rings. The normalized spacial score (nSPS) is 14.9. The largest absolute Gasteiger partial charge is 0.369 e. The van der Waals surface area contributed by atoms with Gasteiger partial charge in [-0.05, 0) is 50.4 Å². The molecule has 3 heterocycles. The van der Waals surface area contributed by atoms with Crippen LogP contribution in [0.3, 0.4) is 0 Å². The van der Waals surface area contributed by atoms with Gasteiger partial charge in [0, 0.05) is 31.3 Å². The Hall–Kier alpha value is -3.75. The zero-order valence-electron chi connectivity index (χ0n) is 21.9. The molecule has 0 radical (unpaired) electrons. The van der Waals surface area contributed by atoms with Crippen LogP contribution < -0.4 is 16.0 Å². The Balaban J connectivity index is 1.46. The van der Waals surface area contributed by atoms with Crippen LogP contribution in [0.25, 0.3) is 22.4 Å². The molecule has 4 aromatic rings. The number of carbonyl (C=O) groups is 1. The lowest BCUT2D eigenvalue weighted by molar-refractivity contribution is -0.118. The lowest BCUT2D eigenvalue weighted by Gasteiger charge is -2.28. The smallest absolute Gasteiger partial charge is 0.216 e. The maximum atomic E-state index is 11.3. The minimum Gasteiger partial charge on any atom is -0.369 e. The highest BCUT2D eigenvalue weighted by atomic mass is 16.5. The van der Waals surface area contributed by atoms with E-state index in [4.69, 9.17) is 14.7 Å². The van der Waals surface area contributed by atoms with Gasteiger partial charge in [-0.25, -0.2) is 9.97 Å².